The summed E-state index contributed by atoms with van der Waals surface area (Å²) in [6.07, 6.45) is 0. The molecule has 0 bridgehead atoms. The van der Waals surface area contributed by atoms with Gasteiger partial charge in [0, 0.05) is 5.02 Å². The molecule has 0 saturated carbocycles. The number of nitrogens with one attached hydrogen (secondary N) is 2. The Kier molecular flexibility index (Phi) is 7.05. The lowest BCUT2D eigenvalue weighted by Gasteiger charge is -2.36. The van der Waals surface area contributed by atoms with E-state index < -0.39 is 0 Å². The summed E-state index contributed by atoms with van der Waals surface area (Å²) in [5.41, 5.74) is 1.67. The highest BCUT2D eigenvalue weighted by molar-refractivity contribution is 6.35. The second-order valence-electron chi connectivity index (χ2n) is 6.88. The maximum Gasteiger partial charge on any atom is 0.282 e. The molecule has 0 aromatic heterocycles. The minimum absolute atomic E-state index is 0.0534. The van der Waals surface area contributed by atoms with Gasteiger partial charge in [-0.15, -0.1) is 0 Å². The van der Waals surface area contributed by atoms with Crippen molar-refractivity contribution in [3.8, 4) is 5.75 Å². The van der Waals surface area contributed by atoms with Gasteiger partial charge in [0.1, 0.15) is 5.75 Å². The monoisotopic (exact) mass is 422 g/mol. The van der Waals surface area contributed by atoms with Crippen LogP contribution in [0.15, 0.2) is 42.5 Å². The average Bonchev–Trinajstić information content (AvgIpc) is 2.71. The minimum atomic E-state index is -0.181. The van der Waals surface area contributed by atoms with Crippen LogP contribution in [0, 0.1) is 0 Å². The summed E-state index contributed by atoms with van der Waals surface area (Å²) >= 11 is 12.2. The Labute approximate surface area is 176 Å². The minimum Gasteiger partial charge on any atom is -0.492 e. The molecule has 1 atom stereocenters. The lowest BCUT2D eigenvalue weighted by atomic mass is 10.2. The topological polar surface area (TPSA) is 46.0 Å². The Morgan fingerprint density at radius 2 is 1.93 bits per heavy atom. The van der Waals surface area contributed by atoms with E-state index in [2.05, 4.69) is 16.3 Å². The van der Waals surface area contributed by atoms with Crippen molar-refractivity contribution in [2.75, 3.05) is 43.0 Å². The molecule has 1 saturated heterocycles. The highest BCUT2D eigenvalue weighted by Gasteiger charge is 2.30. The molecular weight excluding hydrogens is 397 g/mol. The van der Waals surface area contributed by atoms with Gasteiger partial charge in [-0.3, -0.25) is 4.79 Å². The lowest BCUT2D eigenvalue weighted by Crippen LogP contribution is -3.19. The number of benzene rings is 2. The van der Waals surface area contributed by atoms with Crippen molar-refractivity contribution in [3.63, 3.8) is 0 Å². The molecule has 1 aliphatic heterocycles. The van der Waals surface area contributed by atoms with Crippen LogP contribution in [0.1, 0.15) is 13.8 Å². The maximum absolute atomic E-state index is 12.7. The fourth-order valence-corrected chi connectivity index (χ4v) is 3.82. The number of carbonyl (C=O) groups is 1. The zero-order chi connectivity index (χ0) is 20.1. The summed E-state index contributed by atoms with van der Waals surface area (Å²) in [7, 11) is 0. The van der Waals surface area contributed by atoms with Crippen molar-refractivity contribution in [2.24, 2.45) is 0 Å². The molecule has 0 unspecified atom stereocenters. The van der Waals surface area contributed by atoms with Gasteiger partial charge in [0.25, 0.3) is 5.91 Å². The summed E-state index contributed by atoms with van der Waals surface area (Å²) in [4.78, 5) is 16.3. The third kappa shape index (κ3) is 4.90. The van der Waals surface area contributed by atoms with Gasteiger partial charge < -0.3 is 19.9 Å². The number of halogens is 2. The molecule has 1 heterocycles. The number of nitrogens with zero attached hydrogens (tertiary/aromatic N) is 1. The van der Waals surface area contributed by atoms with Crippen molar-refractivity contribution in [1.29, 1.82) is 0 Å². The molecule has 2 N–H and O–H groups in total. The predicted octanol–water partition coefficient (Wildman–Crippen LogP) is 3.12. The van der Waals surface area contributed by atoms with E-state index in [1.807, 2.05) is 32.0 Å². The van der Waals surface area contributed by atoms with Gasteiger partial charge in [-0.25, -0.2) is 0 Å². The maximum atomic E-state index is 12.7. The first-order valence-electron chi connectivity index (χ1n) is 9.57. The van der Waals surface area contributed by atoms with Gasteiger partial charge in [-0.2, -0.15) is 0 Å². The van der Waals surface area contributed by atoms with Crippen LogP contribution in [-0.2, 0) is 4.79 Å². The summed E-state index contributed by atoms with van der Waals surface area (Å²) in [5, 5.41) is 3.93. The third-order valence-corrected chi connectivity index (χ3v) is 5.67. The number of anilines is 2. The van der Waals surface area contributed by atoms with E-state index in [0.717, 1.165) is 37.6 Å². The van der Waals surface area contributed by atoms with Crippen LogP contribution in [0.4, 0.5) is 11.4 Å². The number of hydrogen-bond acceptors (Lipinski definition) is 3. The summed E-state index contributed by atoms with van der Waals surface area (Å²) < 4.78 is 5.75. The van der Waals surface area contributed by atoms with Crippen molar-refractivity contribution < 1.29 is 14.4 Å². The van der Waals surface area contributed by atoms with Gasteiger partial charge in [0.2, 0.25) is 0 Å². The van der Waals surface area contributed by atoms with Crippen molar-refractivity contribution in [2.45, 2.75) is 19.9 Å². The molecule has 0 spiro atoms. The second-order valence-corrected chi connectivity index (χ2v) is 7.72. The van der Waals surface area contributed by atoms with Gasteiger partial charge in [-0.05, 0) is 44.2 Å². The molecule has 5 nitrogen and oxygen atoms in total. The lowest BCUT2D eigenvalue weighted by molar-refractivity contribution is -0.914. The number of rotatable bonds is 6. The molecule has 3 rings (SSSR count). The number of quaternary nitrogens is 1. The van der Waals surface area contributed by atoms with Crippen LogP contribution in [0.25, 0.3) is 0 Å². The molecular formula is C21H26Cl2N3O2+. The molecule has 1 amide bonds. The molecule has 0 aliphatic carbocycles. The smallest absolute Gasteiger partial charge is 0.282 e. The van der Waals surface area contributed by atoms with Crippen LogP contribution in [-0.4, -0.2) is 44.7 Å². The number of ether oxygens (including phenoxy) is 1. The van der Waals surface area contributed by atoms with E-state index in [-0.39, 0.29) is 11.9 Å². The van der Waals surface area contributed by atoms with Gasteiger partial charge >= 0.3 is 0 Å². The fourth-order valence-electron chi connectivity index (χ4n) is 3.48. The van der Waals surface area contributed by atoms with E-state index in [0.29, 0.717) is 22.3 Å². The van der Waals surface area contributed by atoms with Crippen LogP contribution < -0.4 is 19.9 Å². The molecule has 28 heavy (non-hydrogen) atoms. The molecule has 1 fully saturated rings. The first-order chi connectivity index (χ1) is 13.5. The molecule has 1 aliphatic rings. The Balaban J connectivity index is 1.60. The van der Waals surface area contributed by atoms with Crippen molar-refractivity contribution >= 4 is 40.5 Å². The molecule has 2 aromatic rings. The Bertz CT molecular complexity index is 823. The Morgan fingerprint density at radius 3 is 2.64 bits per heavy atom. The van der Waals surface area contributed by atoms with Gasteiger partial charge in [-0.1, -0.05) is 35.3 Å². The van der Waals surface area contributed by atoms with E-state index in [1.54, 1.807) is 18.2 Å². The SMILES string of the molecule is CCOc1ccccc1N1CC[NH+]([C@@H](C)C(=O)Nc2cc(Cl)ccc2Cl)CC1. The number of carbonyl (C=O) groups excluding carboxylic acids is 1. The summed E-state index contributed by atoms with van der Waals surface area (Å²) in [6.45, 7) is 8.07. The van der Waals surface area contributed by atoms with E-state index in [1.165, 1.54) is 4.90 Å². The van der Waals surface area contributed by atoms with Gasteiger partial charge in [0.05, 0.1) is 49.2 Å². The number of para-hydroxylation sites is 2. The first-order valence-corrected chi connectivity index (χ1v) is 10.3. The van der Waals surface area contributed by atoms with Crippen LogP contribution >= 0.6 is 23.2 Å². The van der Waals surface area contributed by atoms with E-state index in [4.69, 9.17) is 27.9 Å². The standard InChI is InChI=1S/C21H25Cl2N3O2/c1-3-28-20-7-5-4-6-19(20)26-12-10-25(11-13-26)15(2)21(27)24-18-14-16(22)8-9-17(18)23/h4-9,14-15H,3,10-13H2,1-2H3,(H,24,27)/p+1/t15-/m0/s1. The number of piperazine rings is 1. The van der Waals surface area contributed by atoms with Crippen LogP contribution in [0.5, 0.6) is 5.75 Å². The summed E-state index contributed by atoms with van der Waals surface area (Å²) in [6, 6.07) is 13.0. The van der Waals surface area contributed by atoms with Crippen LogP contribution in [0.3, 0.4) is 0 Å². The zero-order valence-electron chi connectivity index (χ0n) is 16.2. The molecule has 0 radical (unpaired) electrons. The number of amides is 1. The first kappa shape index (κ1) is 20.8. The predicted molar refractivity (Wildman–Crippen MR) is 115 cm³/mol. The molecule has 2 aromatic carbocycles. The van der Waals surface area contributed by atoms with E-state index >= 15 is 0 Å². The highest BCUT2D eigenvalue weighted by Crippen LogP contribution is 2.28. The van der Waals surface area contributed by atoms with Crippen molar-refractivity contribution in [3.05, 3.63) is 52.5 Å². The summed E-state index contributed by atoms with van der Waals surface area (Å²) in [5.74, 6) is 0.858. The van der Waals surface area contributed by atoms with E-state index in [9.17, 15) is 4.79 Å². The van der Waals surface area contributed by atoms with Crippen LogP contribution in [0.2, 0.25) is 10.0 Å². The zero-order valence-corrected chi connectivity index (χ0v) is 17.7. The van der Waals surface area contributed by atoms with Gasteiger partial charge in [0.15, 0.2) is 6.04 Å². The molecule has 150 valence electrons. The average molecular weight is 423 g/mol. The largest absolute Gasteiger partial charge is 0.492 e. The normalized spacial score (nSPS) is 15.9. The molecule has 7 heteroatoms. The Hall–Kier alpha value is -1.95. The Morgan fingerprint density at radius 1 is 1.21 bits per heavy atom. The van der Waals surface area contributed by atoms with Crippen molar-refractivity contribution in [1.82, 2.24) is 0 Å². The quantitative estimate of drug-likeness (QED) is 0.751. The number of hydrogen-bond donors (Lipinski definition) is 2. The third-order valence-electron chi connectivity index (χ3n) is 5.10. The second kappa shape index (κ2) is 9.50. The fraction of sp³-hybridized carbons (Fsp3) is 0.381. The highest BCUT2D eigenvalue weighted by atomic mass is 35.5.